The molecule has 0 aromatic heterocycles. The van der Waals surface area contributed by atoms with Gasteiger partial charge in [0.15, 0.2) is 6.61 Å². The summed E-state index contributed by atoms with van der Waals surface area (Å²) in [6.07, 6.45) is 3.68. The second-order valence-electron chi connectivity index (χ2n) is 6.22. The summed E-state index contributed by atoms with van der Waals surface area (Å²) in [6, 6.07) is 14.6. The lowest BCUT2D eigenvalue weighted by Gasteiger charge is -2.29. The van der Waals surface area contributed by atoms with Gasteiger partial charge in [-0.25, -0.2) is 0 Å². The van der Waals surface area contributed by atoms with E-state index in [2.05, 4.69) is 10.2 Å². The predicted octanol–water partition coefficient (Wildman–Crippen LogP) is 4.52. The Bertz CT molecular complexity index is 774. The monoisotopic (exact) mass is 388 g/mol. The third-order valence-corrected chi connectivity index (χ3v) is 4.95. The molecular weight excluding hydrogens is 368 g/mol. The van der Waals surface area contributed by atoms with Crippen molar-refractivity contribution in [3.63, 3.8) is 0 Å². The third kappa shape index (κ3) is 5.19. The van der Waals surface area contributed by atoms with E-state index in [4.69, 9.17) is 28.6 Å². The van der Waals surface area contributed by atoms with Gasteiger partial charge in [0, 0.05) is 29.4 Å². The maximum absolute atomic E-state index is 12.0. The molecule has 1 N–H and O–H groups in total. The van der Waals surface area contributed by atoms with E-state index < -0.39 is 0 Å². The van der Waals surface area contributed by atoms with Crippen LogP contribution in [0.1, 0.15) is 24.8 Å². The number of nitrogens with zero attached hydrogens (tertiary/aromatic N) is 1. The molecule has 26 heavy (non-hydrogen) atoms. The Kier molecular flexibility index (Phi) is 6.47. The molecule has 1 fully saturated rings. The van der Waals surface area contributed by atoms with Crippen LogP contribution in [0.3, 0.4) is 0 Å². The van der Waals surface area contributed by atoms with Crippen LogP contribution in [0, 0.1) is 0 Å². The van der Waals surface area contributed by atoms with Crippen molar-refractivity contribution in [3.05, 3.63) is 59.1 Å². The first-order valence-electron chi connectivity index (χ1n) is 8.69. The van der Waals surface area contributed by atoms with Crippen molar-refractivity contribution in [3.8, 4) is 5.75 Å². The highest BCUT2D eigenvalue weighted by atomic mass is 35.5. The van der Waals surface area contributed by atoms with Crippen molar-refractivity contribution < 1.29 is 9.53 Å². The zero-order valence-corrected chi connectivity index (χ0v) is 16.0. The van der Waals surface area contributed by atoms with Crippen LogP contribution in [-0.2, 0) is 4.79 Å². The number of nitrogens with one attached hydrogen (secondary N) is 1. The summed E-state index contributed by atoms with van der Waals surface area (Å²) in [6.45, 7) is 1.99. The molecule has 0 atom stereocenters. The maximum atomic E-state index is 12.0. The maximum Gasteiger partial charge on any atom is 0.262 e. The van der Waals surface area contributed by atoms with Crippen LogP contribution in [0.15, 0.2) is 48.5 Å². The number of carbonyl (C=O) groups excluding carboxylic acids is 1. The van der Waals surface area contributed by atoms with E-state index in [0.717, 1.165) is 23.6 Å². The number of carbonyl (C=O) groups is 1. The number of hydrogen-bond donors (Lipinski definition) is 1. The number of piperidine rings is 1. The van der Waals surface area contributed by atoms with Gasteiger partial charge in [-0.15, -0.1) is 0 Å². The summed E-state index contributed by atoms with van der Waals surface area (Å²) >= 11 is 11.5. The lowest BCUT2D eigenvalue weighted by molar-refractivity contribution is -0.118. The molecule has 0 bridgehead atoms. The van der Waals surface area contributed by atoms with Crippen LogP contribution in [0.2, 0.25) is 5.02 Å². The van der Waals surface area contributed by atoms with Crippen molar-refractivity contribution in [2.75, 3.05) is 25.0 Å². The van der Waals surface area contributed by atoms with Crippen LogP contribution in [0.4, 0.5) is 5.69 Å². The minimum atomic E-state index is -0.236. The number of amides is 1. The quantitative estimate of drug-likeness (QED) is 0.764. The summed E-state index contributed by atoms with van der Waals surface area (Å²) in [5.74, 6) is 0.400. The van der Waals surface area contributed by atoms with E-state index >= 15 is 0 Å². The molecular formula is C20H21ClN2O2S. The van der Waals surface area contributed by atoms with Gasteiger partial charge in [0.1, 0.15) is 10.7 Å². The molecule has 1 aliphatic heterocycles. The molecule has 1 heterocycles. The van der Waals surface area contributed by atoms with Crippen LogP contribution >= 0.6 is 23.8 Å². The number of benzene rings is 2. The largest absolute Gasteiger partial charge is 0.484 e. The predicted molar refractivity (Wildman–Crippen MR) is 109 cm³/mol. The lowest BCUT2D eigenvalue weighted by atomic mass is 10.1. The SMILES string of the molecule is O=C(COc1ccc(C(=S)N2CCCCC2)cc1)Nc1cccc(Cl)c1. The molecule has 2 aromatic rings. The van der Waals surface area contributed by atoms with Gasteiger partial charge in [-0.1, -0.05) is 29.9 Å². The lowest BCUT2D eigenvalue weighted by Crippen LogP contribution is -2.34. The first kappa shape index (κ1) is 18.7. The van der Waals surface area contributed by atoms with Gasteiger partial charge >= 0.3 is 0 Å². The summed E-state index contributed by atoms with van der Waals surface area (Å²) in [4.78, 5) is 15.1. The smallest absolute Gasteiger partial charge is 0.262 e. The normalized spacial score (nSPS) is 14.0. The highest BCUT2D eigenvalue weighted by molar-refractivity contribution is 7.80. The van der Waals surface area contributed by atoms with E-state index in [1.807, 2.05) is 24.3 Å². The third-order valence-electron chi connectivity index (χ3n) is 4.22. The van der Waals surface area contributed by atoms with E-state index in [1.165, 1.54) is 19.3 Å². The van der Waals surface area contributed by atoms with Gasteiger partial charge in [-0.3, -0.25) is 4.79 Å². The first-order chi connectivity index (χ1) is 12.6. The number of thiocarbonyl (C=S) groups is 1. The summed E-state index contributed by atoms with van der Waals surface area (Å²) in [7, 11) is 0. The Morgan fingerprint density at radius 1 is 1.12 bits per heavy atom. The van der Waals surface area contributed by atoms with Gasteiger partial charge in [0.05, 0.1) is 0 Å². The van der Waals surface area contributed by atoms with E-state index in [9.17, 15) is 4.79 Å². The number of likely N-dealkylation sites (tertiary alicyclic amines) is 1. The molecule has 1 amide bonds. The van der Waals surface area contributed by atoms with Gasteiger partial charge in [0.25, 0.3) is 5.91 Å². The Morgan fingerprint density at radius 2 is 1.85 bits per heavy atom. The molecule has 1 aliphatic rings. The van der Waals surface area contributed by atoms with Crippen LogP contribution in [0.25, 0.3) is 0 Å². The van der Waals surface area contributed by atoms with Gasteiger partial charge in [0.2, 0.25) is 0 Å². The van der Waals surface area contributed by atoms with Gasteiger partial charge in [-0.2, -0.15) is 0 Å². The number of anilines is 1. The Hall–Kier alpha value is -2.11. The zero-order chi connectivity index (χ0) is 18.4. The molecule has 6 heteroatoms. The van der Waals surface area contributed by atoms with Crippen LogP contribution < -0.4 is 10.1 Å². The number of rotatable bonds is 5. The molecule has 0 saturated carbocycles. The summed E-state index contributed by atoms with van der Waals surface area (Å²) in [5, 5.41) is 3.32. The minimum absolute atomic E-state index is 0.0670. The molecule has 0 spiro atoms. The Balaban J connectivity index is 1.51. The van der Waals surface area contributed by atoms with Crippen LogP contribution in [0.5, 0.6) is 5.75 Å². The van der Waals surface area contributed by atoms with E-state index in [1.54, 1.807) is 24.3 Å². The molecule has 3 rings (SSSR count). The fourth-order valence-corrected chi connectivity index (χ4v) is 3.39. The summed E-state index contributed by atoms with van der Waals surface area (Å²) < 4.78 is 5.55. The van der Waals surface area contributed by atoms with Crippen molar-refractivity contribution in [1.29, 1.82) is 0 Å². The first-order valence-corrected chi connectivity index (χ1v) is 9.48. The highest BCUT2D eigenvalue weighted by Gasteiger charge is 2.14. The molecule has 0 radical (unpaired) electrons. The van der Waals surface area contributed by atoms with E-state index in [0.29, 0.717) is 16.5 Å². The second kappa shape index (κ2) is 9.01. The molecule has 0 aliphatic carbocycles. The van der Waals surface area contributed by atoms with Crippen molar-refractivity contribution in [2.24, 2.45) is 0 Å². The standard InChI is InChI=1S/C20H21ClN2O2S/c21-16-5-4-6-17(13-16)22-19(24)14-25-18-9-7-15(8-10-18)20(26)23-11-2-1-3-12-23/h4-10,13H,1-3,11-12,14H2,(H,22,24). The average Bonchev–Trinajstić information content (AvgIpc) is 2.67. The van der Waals surface area contributed by atoms with Gasteiger partial charge in [-0.05, 0) is 61.7 Å². The number of halogens is 1. The molecule has 0 unspecified atom stereocenters. The molecule has 1 saturated heterocycles. The van der Waals surface area contributed by atoms with Gasteiger partial charge < -0.3 is 15.0 Å². The van der Waals surface area contributed by atoms with Crippen molar-refractivity contribution in [1.82, 2.24) is 4.90 Å². The molecule has 4 nitrogen and oxygen atoms in total. The van der Waals surface area contributed by atoms with Crippen molar-refractivity contribution in [2.45, 2.75) is 19.3 Å². The fraction of sp³-hybridized carbons (Fsp3) is 0.300. The number of hydrogen-bond acceptors (Lipinski definition) is 3. The van der Waals surface area contributed by atoms with Crippen molar-refractivity contribution >= 4 is 40.4 Å². The minimum Gasteiger partial charge on any atom is -0.484 e. The zero-order valence-electron chi connectivity index (χ0n) is 14.4. The average molecular weight is 389 g/mol. The van der Waals surface area contributed by atoms with E-state index in [-0.39, 0.29) is 12.5 Å². The second-order valence-corrected chi connectivity index (χ2v) is 7.05. The fourth-order valence-electron chi connectivity index (χ4n) is 2.89. The van der Waals surface area contributed by atoms with Crippen LogP contribution in [-0.4, -0.2) is 35.5 Å². The summed E-state index contributed by atoms with van der Waals surface area (Å²) in [5.41, 5.74) is 1.66. The Morgan fingerprint density at radius 3 is 2.54 bits per heavy atom. The topological polar surface area (TPSA) is 41.6 Å². The molecule has 136 valence electrons. The highest BCUT2D eigenvalue weighted by Crippen LogP contribution is 2.18. The Labute approximate surface area is 164 Å². The molecule has 2 aromatic carbocycles. The number of ether oxygens (including phenoxy) is 1.